The smallest absolute Gasteiger partial charge is 0.407 e. The maximum Gasteiger partial charge on any atom is 0.407 e. The van der Waals surface area contributed by atoms with Gasteiger partial charge in [-0.1, -0.05) is 0 Å². The standard InChI is InChI=1S/C14H26N2O3/c1-14(2,3)19-13(17)15-11-6-5-7-12(11)16-8-10(9-16)18-4/h10-12H,5-9H2,1-4H3,(H,15,17). The van der Waals surface area contributed by atoms with Crippen molar-refractivity contribution in [3.05, 3.63) is 0 Å². The van der Waals surface area contributed by atoms with Crippen molar-refractivity contribution < 1.29 is 14.3 Å². The van der Waals surface area contributed by atoms with Crippen molar-refractivity contribution in [1.82, 2.24) is 10.2 Å². The van der Waals surface area contributed by atoms with Crippen LogP contribution in [-0.2, 0) is 9.47 Å². The fourth-order valence-corrected chi connectivity index (χ4v) is 2.89. The highest BCUT2D eigenvalue weighted by Crippen LogP contribution is 2.28. The van der Waals surface area contributed by atoms with Crippen molar-refractivity contribution in [2.24, 2.45) is 0 Å². The van der Waals surface area contributed by atoms with Crippen molar-refractivity contribution in [3.8, 4) is 0 Å². The van der Waals surface area contributed by atoms with Crippen LogP contribution in [0.2, 0.25) is 0 Å². The molecule has 0 spiro atoms. The van der Waals surface area contributed by atoms with Gasteiger partial charge in [0, 0.05) is 32.3 Å². The summed E-state index contributed by atoms with van der Waals surface area (Å²) in [7, 11) is 1.76. The Balaban J connectivity index is 1.81. The zero-order valence-electron chi connectivity index (χ0n) is 12.4. The molecule has 2 rings (SSSR count). The molecule has 2 fully saturated rings. The maximum absolute atomic E-state index is 11.8. The van der Waals surface area contributed by atoms with Crippen molar-refractivity contribution in [2.45, 2.75) is 63.8 Å². The fraction of sp³-hybridized carbons (Fsp3) is 0.929. The number of carbonyl (C=O) groups is 1. The quantitative estimate of drug-likeness (QED) is 0.849. The van der Waals surface area contributed by atoms with Gasteiger partial charge in [-0.3, -0.25) is 4.90 Å². The van der Waals surface area contributed by atoms with Crippen LogP contribution in [0, 0.1) is 0 Å². The lowest BCUT2D eigenvalue weighted by Crippen LogP contribution is -2.60. The van der Waals surface area contributed by atoms with E-state index < -0.39 is 5.60 Å². The number of hydrogen-bond acceptors (Lipinski definition) is 4. The number of nitrogens with zero attached hydrogens (tertiary/aromatic N) is 1. The zero-order chi connectivity index (χ0) is 14.0. The third kappa shape index (κ3) is 3.83. The van der Waals surface area contributed by atoms with Crippen LogP contribution in [0.15, 0.2) is 0 Å². The highest BCUT2D eigenvalue weighted by atomic mass is 16.6. The fourth-order valence-electron chi connectivity index (χ4n) is 2.89. The first-order valence-electron chi connectivity index (χ1n) is 7.15. The van der Waals surface area contributed by atoms with E-state index in [0.29, 0.717) is 12.1 Å². The molecule has 1 amide bonds. The second kappa shape index (κ2) is 5.67. The largest absolute Gasteiger partial charge is 0.444 e. The van der Waals surface area contributed by atoms with Gasteiger partial charge in [0.2, 0.25) is 0 Å². The van der Waals surface area contributed by atoms with E-state index in [-0.39, 0.29) is 12.1 Å². The summed E-state index contributed by atoms with van der Waals surface area (Å²) < 4.78 is 10.6. The molecule has 5 heteroatoms. The van der Waals surface area contributed by atoms with E-state index in [9.17, 15) is 4.79 Å². The predicted molar refractivity (Wildman–Crippen MR) is 73.2 cm³/mol. The number of likely N-dealkylation sites (tertiary alicyclic amines) is 1. The van der Waals surface area contributed by atoms with Crippen molar-refractivity contribution >= 4 is 6.09 Å². The number of ether oxygens (including phenoxy) is 2. The molecule has 1 heterocycles. The Morgan fingerprint density at radius 2 is 1.95 bits per heavy atom. The van der Waals surface area contributed by atoms with Crippen LogP contribution in [0.3, 0.4) is 0 Å². The molecule has 0 radical (unpaired) electrons. The molecule has 1 saturated heterocycles. The molecule has 2 atom stereocenters. The molecule has 19 heavy (non-hydrogen) atoms. The molecule has 1 saturated carbocycles. The second-order valence-corrected chi connectivity index (χ2v) is 6.56. The SMILES string of the molecule is COC1CN(C2CCCC2NC(=O)OC(C)(C)C)C1. The van der Waals surface area contributed by atoms with Gasteiger partial charge in [0.15, 0.2) is 0 Å². The molecule has 5 nitrogen and oxygen atoms in total. The first-order chi connectivity index (χ1) is 8.89. The molecular formula is C14H26N2O3. The zero-order valence-corrected chi connectivity index (χ0v) is 12.4. The van der Waals surface area contributed by atoms with Gasteiger partial charge in [-0.05, 0) is 40.0 Å². The lowest BCUT2D eigenvalue weighted by atomic mass is 10.0. The van der Waals surface area contributed by atoms with Crippen LogP contribution in [0.1, 0.15) is 40.0 Å². The Morgan fingerprint density at radius 1 is 1.26 bits per heavy atom. The van der Waals surface area contributed by atoms with Gasteiger partial charge < -0.3 is 14.8 Å². The van der Waals surface area contributed by atoms with Crippen LogP contribution >= 0.6 is 0 Å². The lowest BCUT2D eigenvalue weighted by Gasteiger charge is -2.44. The summed E-state index contributed by atoms with van der Waals surface area (Å²) in [4.78, 5) is 14.2. The number of nitrogens with one attached hydrogen (secondary N) is 1. The topological polar surface area (TPSA) is 50.8 Å². The van der Waals surface area contributed by atoms with Crippen molar-refractivity contribution in [3.63, 3.8) is 0 Å². The summed E-state index contributed by atoms with van der Waals surface area (Å²) in [6.07, 6.45) is 3.42. The third-order valence-corrected chi connectivity index (χ3v) is 3.86. The first kappa shape index (κ1) is 14.6. The maximum atomic E-state index is 11.8. The number of rotatable bonds is 3. The average Bonchev–Trinajstić information content (AvgIpc) is 2.61. The van der Waals surface area contributed by atoms with Crippen LogP contribution in [-0.4, -0.2) is 55.0 Å². The normalized spacial score (nSPS) is 29.1. The van der Waals surface area contributed by atoms with Crippen LogP contribution in [0.4, 0.5) is 4.79 Å². The monoisotopic (exact) mass is 270 g/mol. The Hall–Kier alpha value is -0.810. The Labute approximate surface area is 115 Å². The van der Waals surface area contributed by atoms with E-state index in [1.165, 1.54) is 6.42 Å². The first-order valence-corrected chi connectivity index (χ1v) is 7.15. The van der Waals surface area contributed by atoms with E-state index in [1.807, 2.05) is 20.8 Å². The molecule has 110 valence electrons. The summed E-state index contributed by atoms with van der Waals surface area (Å²) in [6.45, 7) is 7.62. The van der Waals surface area contributed by atoms with E-state index in [1.54, 1.807) is 7.11 Å². The van der Waals surface area contributed by atoms with Gasteiger partial charge in [-0.15, -0.1) is 0 Å². The van der Waals surface area contributed by atoms with E-state index in [4.69, 9.17) is 9.47 Å². The van der Waals surface area contributed by atoms with Crippen molar-refractivity contribution in [2.75, 3.05) is 20.2 Å². The summed E-state index contributed by atoms with van der Waals surface area (Å²) >= 11 is 0. The summed E-state index contributed by atoms with van der Waals surface area (Å²) in [5, 5.41) is 3.02. The molecule has 0 aromatic heterocycles. The van der Waals surface area contributed by atoms with E-state index >= 15 is 0 Å². The highest BCUT2D eigenvalue weighted by Gasteiger charge is 2.39. The number of carbonyl (C=O) groups excluding carboxylic acids is 1. The van der Waals surface area contributed by atoms with Gasteiger partial charge in [0.25, 0.3) is 0 Å². The third-order valence-electron chi connectivity index (χ3n) is 3.86. The molecule has 1 aliphatic heterocycles. The van der Waals surface area contributed by atoms with Gasteiger partial charge >= 0.3 is 6.09 Å². The summed E-state index contributed by atoms with van der Waals surface area (Å²) in [6, 6.07) is 0.659. The van der Waals surface area contributed by atoms with Crippen LogP contribution < -0.4 is 5.32 Å². The highest BCUT2D eigenvalue weighted by molar-refractivity contribution is 5.68. The number of amides is 1. The lowest BCUT2D eigenvalue weighted by molar-refractivity contribution is -0.0541. The molecule has 0 aromatic rings. The summed E-state index contributed by atoms with van der Waals surface area (Å²) in [5.74, 6) is 0. The summed E-state index contributed by atoms with van der Waals surface area (Å²) in [5.41, 5.74) is -0.434. The number of alkyl carbamates (subject to hydrolysis) is 1. The number of hydrogen-bond donors (Lipinski definition) is 1. The predicted octanol–water partition coefficient (Wildman–Crippen LogP) is 1.76. The van der Waals surface area contributed by atoms with E-state index in [0.717, 1.165) is 25.9 Å². The Morgan fingerprint density at radius 3 is 2.53 bits per heavy atom. The minimum atomic E-state index is -0.434. The van der Waals surface area contributed by atoms with Gasteiger partial charge in [-0.2, -0.15) is 0 Å². The minimum Gasteiger partial charge on any atom is -0.444 e. The molecule has 0 bridgehead atoms. The van der Waals surface area contributed by atoms with E-state index in [2.05, 4.69) is 10.2 Å². The van der Waals surface area contributed by atoms with Gasteiger partial charge in [0.05, 0.1) is 6.10 Å². The molecule has 0 aromatic carbocycles. The molecule has 2 aliphatic rings. The Bertz CT molecular complexity index is 321. The van der Waals surface area contributed by atoms with Crippen LogP contribution in [0.25, 0.3) is 0 Å². The molecular weight excluding hydrogens is 244 g/mol. The minimum absolute atomic E-state index is 0.215. The molecule has 2 unspecified atom stereocenters. The Kier molecular flexibility index (Phi) is 4.36. The van der Waals surface area contributed by atoms with Gasteiger partial charge in [0.1, 0.15) is 5.60 Å². The average molecular weight is 270 g/mol. The van der Waals surface area contributed by atoms with Crippen molar-refractivity contribution in [1.29, 1.82) is 0 Å². The second-order valence-electron chi connectivity index (χ2n) is 6.56. The van der Waals surface area contributed by atoms with Gasteiger partial charge in [-0.25, -0.2) is 4.79 Å². The van der Waals surface area contributed by atoms with Crippen LogP contribution in [0.5, 0.6) is 0 Å². The number of methoxy groups -OCH3 is 1. The molecule has 1 N–H and O–H groups in total. The molecule has 1 aliphatic carbocycles.